The first-order valence-electron chi connectivity index (χ1n) is 10.2. The van der Waals surface area contributed by atoms with E-state index in [1.54, 1.807) is 0 Å². The van der Waals surface area contributed by atoms with Gasteiger partial charge in [-0.3, -0.25) is 4.79 Å². The Morgan fingerprint density at radius 2 is 1.97 bits per heavy atom. The lowest BCUT2D eigenvalue weighted by Gasteiger charge is -2.12. The van der Waals surface area contributed by atoms with E-state index in [1.165, 1.54) is 17.6 Å². The molecule has 2 aromatic heterocycles. The van der Waals surface area contributed by atoms with Crippen LogP contribution in [-0.2, 0) is 24.1 Å². The summed E-state index contributed by atoms with van der Waals surface area (Å²) in [6.45, 7) is 2.03. The van der Waals surface area contributed by atoms with Crippen molar-refractivity contribution < 1.29 is 4.79 Å². The predicted octanol–water partition coefficient (Wildman–Crippen LogP) is 3.98. The van der Waals surface area contributed by atoms with Crippen molar-refractivity contribution in [2.75, 3.05) is 11.1 Å². The second-order valence-electron chi connectivity index (χ2n) is 7.83. The van der Waals surface area contributed by atoms with E-state index in [4.69, 9.17) is 5.73 Å². The summed E-state index contributed by atoms with van der Waals surface area (Å²) >= 11 is 0. The van der Waals surface area contributed by atoms with Crippen LogP contribution >= 0.6 is 0 Å². The van der Waals surface area contributed by atoms with Gasteiger partial charge < -0.3 is 15.6 Å². The zero-order valence-electron chi connectivity index (χ0n) is 16.9. The van der Waals surface area contributed by atoms with E-state index in [-0.39, 0.29) is 5.91 Å². The molecule has 2 heterocycles. The zero-order chi connectivity index (χ0) is 20.7. The van der Waals surface area contributed by atoms with Crippen molar-refractivity contribution >= 4 is 28.4 Å². The Morgan fingerprint density at radius 3 is 2.77 bits per heavy atom. The maximum Gasteiger partial charge on any atom is 0.228 e. The number of hydrogen-bond donors (Lipinski definition) is 2. The molecule has 1 aliphatic rings. The summed E-state index contributed by atoms with van der Waals surface area (Å²) in [7, 11) is 0. The summed E-state index contributed by atoms with van der Waals surface area (Å²) in [5, 5.41) is 2.99. The fourth-order valence-corrected chi connectivity index (χ4v) is 4.39. The number of nitrogens with one attached hydrogen (secondary N) is 1. The molecule has 4 aromatic rings. The van der Waals surface area contributed by atoms with E-state index in [9.17, 15) is 4.79 Å². The lowest BCUT2D eigenvalue weighted by atomic mass is 10.1. The van der Waals surface area contributed by atoms with Crippen LogP contribution in [0.25, 0.3) is 16.7 Å². The van der Waals surface area contributed by atoms with Gasteiger partial charge in [0.2, 0.25) is 5.91 Å². The number of aromatic nitrogens is 3. The van der Waals surface area contributed by atoms with Crippen LogP contribution in [0.4, 0.5) is 11.5 Å². The molecule has 0 saturated heterocycles. The van der Waals surface area contributed by atoms with E-state index in [2.05, 4.69) is 19.9 Å². The third kappa shape index (κ3) is 3.20. The van der Waals surface area contributed by atoms with Crippen LogP contribution < -0.4 is 11.1 Å². The van der Waals surface area contributed by atoms with E-state index in [0.717, 1.165) is 52.8 Å². The number of anilines is 2. The first kappa shape index (κ1) is 18.4. The quantitative estimate of drug-likeness (QED) is 0.545. The largest absolute Gasteiger partial charge is 0.382 e. The number of hydrogen-bond acceptors (Lipinski definition) is 4. The van der Waals surface area contributed by atoms with Gasteiger partial charge in [0.05, 0.1) is 11.9 Å². The van der Waals surface area contributed by atoms with E-state index in [1.807, 2.05) is 55.5 Å². The molecule has 2 aromatic carbocycles. The molecule has 30 heavy (non-hydrogen) atoms. The van der Waals surface area contributed by atoms with Gasteiger partial charge in [-0.25, -0.2) is 9.97 Å². The number of benzene rings is 2. The monoisotopic (exact) mass is 397 g/mol. The lowest BCUT2D eigenvalue weighted by molar-refractivity contribution is -0.115. The maximum atomic E-state index is 12.4. The first-order valence-corrected chi connectivity index (χ1v) is 10.2. The number of amides is 1. The molecule has 0 atom stereocenters. The van der Waals surface area contributed by atoms with Crippen molar-refractivity contribution in [1.29, 1.82) is 0 Å². The molecule has 0 bridgehead atoms. The first-order chi connectivity index (χ1) is 14.6. The van der Waals surface area contributed by atoms with Crippen molar-refractivity contribution in [1.82, 2.24) is 14.5 Å². The smallest absolute Gasteiger partial charge is 0.228 e. The molecule has 1 amide bonds. The topological polar surface area (TPSA) is 85.8 Å². The number of rotatable bonds is 4. The number of carbonyl (C=O) groups excluding carboxylic acids is 1. The molecule has 6 heteroatoms. The number of carbonyl (C=O) groups is 1. The highest BCUT2D eigenvalue weighted by atomic mass is 16.1. The lowest BCUT2D eigenvalue weighted by Crippen LogP contribution is -2.14. The summed E-state index contributed by atoms with van der Waals surface area (Å²) in [5.74, 6) is 0.461. The molecule has 0 saturated carbocycles. The molecule has 0 radical (unpaired) electrons. The van der Waals surface area contributed by atoms with Crippen LogP contribution in [0.5, 0.6) is 0 Å². The molecule has 150 valence electrons. The highest BCUT2D eigenvalue weighted by molar-refractivity contribution is 5.93. The molecular weight excluding hydrogens is 374 g/mol. The average molecular weight is 397 g/mol. The Labute approximate surface area is 174 Å². The van der Waals surface area contributed by atoms with Crippen molar-refractivity contribution in [3.8, 4) is 5.69 Å². The van der Waals surface area contributed by atoms with Gasteiger partial charge in [-0.05, 0) is 61.6 Å². The Kier molecular flexibility index (Phi) is 4.47. The van der Waals surface area contributed by atoms with Crippen molar-refractivity contribution in [3.05, 3.63) is 77.2 Å². The van der Waals surface area contributed by atoms with Crippen LogP contribution in [0, 0.1) is 6.92 Å². The molecule has 1 aliphatic carbocycles. The Balaban J connectivity index is 1.42. The van der Waals surface area contributed by atoms with Gasteiger partial charge in [0, 0.05) is 17.1 Å². The van der Waals surface area contributed by atoms with Crippen LogP contribution in [0.15, 0.2) is 54.9 Å². The predicted molar refractivity (Wildman–Crippen MR) is 119 cm³/mol. The van der Waals surface area contributed by atoms with Crippen LogP contribution in [0.1, 0.15) is 28.8 Å². The Bertz CT molecular complexity index is 1260. The fourth-order valence-electron chi connectivity index (χ4n) is 4.39. The minimum atomic E-state index is -0.0294. The van der Waals surface area contributed by atoms with E-state index >= 15 is 0 Å². The number of fused-ring (bicyclic) bond motifs is 3. The van der Waals surface area contributed by atoms with E-state index in [0.29, 0.717) is 12.2 Å². The van der Waals surface area contributed by atoms with Crippen molar-refractivity contribution in [2.45, 2.75) is 32.6 Å². The SMILES string of the molecule is Cc1cccc(CC(=O)Nc2ccc(-n3c4c(c5ncnc(N)c53)CCC4)cc2)c1. The second-order valence-corrected chi connectivity index (χ2v) is 7.83. The number of nitrogens with two attached hydrogens (primary N) is 1. The van der Waals surface area contributed by atoms with Crippen LogP contribution in [0.2, 0.25) is 0 Å². The molecular formula is C24H23N5O. The van der Waals surface area contributed by atoms with Crippen LogP contribution in [0.3, 0.4) is 0 Å². The van der Waals surface area contributed by atoms with Gasteiger partial charge in [0.15, 0.2) is 5.82 Å². The van der Waals surface area contributed by atoms with E-state index < -0.39 is 0 Å². The number of nitrogen functional groups attached to an aromatic ring is 1. The van der Waals surface area contributed by atoms with Crippen LogP contribution in [-0.4, -0.2) is 20.4 Å². The summed E-state index contributed by atoms with van der Waals surface area (Å²) < 4.78 is 2.17. The molecule has 5 rings (SSSR count). The minimum absolute atomic E-state index is 0.0294. The standard InChI is InChI=1S/C24H23N5O/c1-15-4-2-5-16(12-15)13-21(30)28-17-8-10-18(11-9-17)29-20-7-3-6-19(20)22-23(29)24(25)27-14-26-22/h2,4-5,8-12,14H,3,6-7,13H2,1H3,(H,28,30)(H2,25,26,27). The molecule has 0 aliphatic heterocycles. The van der Waals surface area contributed by atoms with Gasteiger partial charge in [-0.2, -0.15) is 0 Å². The maximum absolute atomic E-state index is 12.4. The van der Waals surface area contributed by atoms with Gasteiger partial charge in [0.1, 0.15) is 11.8 Å². The van der Waals surface area contributed by atoms with Gasteiger partial charge in [0.25, 0.3) is 0 Å². The number of nitrogens with zero attached hydrogens (tertiary/aromatic N) is 3. The molecule has 0 fully saturated rings. The van der Waals surface area contributed by atoms with Crippen molar-refractivity contribution in [3.63, 3.8) is 0 Å². The minimum Gasteiger partial charge on any atom is -0.382 e. The second kappa shape index (κ2) is 7.30. The fraction of sp³-hybridized carbons (Fsp3) is 0.208. The zero-order valence-corrected chi connectivity index (χ0v) is 16.9. The summed E-state index contributed by atoms with van der Waals surface area (Å²) in [5.41, 5.74) is 14.5. The van der Waals surface area contributed by atoms with Gasteiger partial charge in [-0.1, -0.05) is 29.8 Å². The number of aryl methyl sites for hydroxylation is 2. The Hall–Kier alpha value is -3.67. The molecule has 0 spiro atoms. The molecule has 3 N–H and O–H groups in total. The summed E-state index contributed by atoms with van der Waals surface area (Å²) in [4.78, 5) is 21.1. The third-order valence-corrected chi connectivity index (χ3v) is 5.68. The Morgan fingerprint density at radius 1 is 1.13 bits per heavy atom. The normalized spacial score (nSPS) is 12.8. The average Bonchev–Trinajstić information content (AvgIpc) is 3.30. The summed E-state index contributed by atoms with van der Waals surface area (Å²) in [6, 6.07) is 15.9. The van der Waals surface area contributed by atoms with Crippen molar-refractivity contribution in [2.24, 2.45) is 0 Å². The highest BCUT2D eigenvalue weighted by Gasteiger charge is 2.25. The third-order valence-electron chi connectivity index (χ3n) is 5.68. The molecule has 6 nitrogen and oxygen atoms in total. The summed E-state index contributed by atoms with van der Waals surface area (Å²) in [6.07, 6.45) is 5.03. The highest BCUT2D eigenvalue weighted by Crippen LogP contribution is 2.36. The van der Waals surface area contributed by atoms with Gasteiger partial charge >= 0.3 is 0 Å². The molecule has 0 unspecified atom stereocenters. The van der Waals surface area contributed by atoms with Gasteiger partial charge in [-0.15, -0.1) is 0 Å².